The van der Waals surface area contributed by atoms with Crippen molar-refractivity contribution >= 4 is 17.7 Å². The second-order valence-electron chi connectivity index (χ2n) is 8.28. The number of hydrogen-bond donors (Lipinski definition) is 0. The summed E-state index contributed by atoms with van der Waals surface area (Å²) in [6, 6.07) is 0. The van der Waals surface area contributed by atoms with Crippen LogP contribution in [-0.4, -0.2) is 48.7 Å². The van der Waals surface area contributed by atoms with Gasteiger partial charge in [0.1, 0.15) is 23.5 Å². The summed E-state index contributed by atoms with van der Waals surface area (Å²) in [6.07, 6.45) is 1.07. The highest BCUT2D eigenvalue weighted by atomic mass is 16.6. The van der Waals surface area contributed by atoms with Gasteiger partial charge in [-0.15, -0.1) is 0 Å². The molecular weight excluding hydrogens is 364 g/mol. The molecule has 7 nitrogen and oxygen atoms in total. The first kappa shape index (κ1) is 18.9. The standard InChI is InChI=1S/C21H24O7/c1-10(2)11-5-15-13-7-12(26-19(13)23)8-21(3)9-14(22)18(28-21)17(20(24)25-4)16(6-11)27-15/h7,11-12,15,18H,1,5-6,8-9H2,2-4H3/t11-,12+,15+,18-,21-/m1/s1. The highest BCUT2D eigenvalue weighted by Gasteiger charge is 2.51. The first-order valence-electron chi connectivity index (χ1n) is 9.47. The maximum atomic E-state index is 12.8. The fraction of sp³-hybridized carbons (Fsp3) is 0.571. The van der Waals surface area contributed by atoms with Crippen molar-refractivity contribution in [3.05, 3.63) is 35.1 Å². The summed E-state index contributed by atoms with van der Waals surface area (Å²) in [7, 11) is 1.26. The first-order valence-corrected chi connectivity index (χ1v) is 9.47. The molecule has 0 aliphatic carbocycles. The van der Waals surface area contributed by atoms with Gasteiger partial charge in [-0.2, -0.15) is 0 Å². The molecule has 28 heavy (non-hydrogen) atoms. The van der Waals surface area contributed by atoms with Crippen LogP contribution in [0.1, 0.15) is 39.5 Å². The van der Waals surface area contributed by atoms with Crippen LogP contribution in [-0.2, 0) is 33.3 Å². The van der Waals surface area contributed by atoms with E-state index in [4.69, 9.17) is 18.9 Å². The number of carbonyl (C=O) groups is 3. The van der Waals surface area contributed by atoms with Gasteiger partial charge in [-0.3, -0.25) is 4.79 Å². The number of fused-ring (bicyclic) bond motifs is 6. The molecule has 5 atom stereocenters. The number of rotatable bonds is 2. The summed E-state index contributed by atoms with van der Waals surface area (Å²) in [6.45, 7) is 7.74. The molecule has 0 aromatic carbocycles. The molecule has 7 heteroatoms. The smallest absolute Gasteiger partial charge is 0.340 e. The number of allylic oxidation sites excluding steroid dienone is 2. The van der Waals surface area contributed by atoms with Crippen LogP contribution < -0.4 is 0 Å². The van der Waals surface area contributed by atoms with Crippen molar-refractivity contribution in [2.45, 2.75) is 63.4 Å². The summed E-state index contributed by atoms with van der Waals surface area (Å²) >= 11 is 0. The lowest BCUT2D eigenvalue weighted by Crippen LogP contribution is -2.35. The van der Waals surface area contributed by atoms with Gasteiger partial charge in [0.15, 0.2) is 11.9 Å². The molecule has 150 valence electrons. The lowest BCUT2D eigenvalue weighted by Gasteiger charge is -2.34. The molecule has 4 heterocycles. The zero-order valence-electron chi connectivity index (χ0n) is 16.3. The molecule has 6 bridgehead atoms. The van der Waals surface area contributed by atoms with Crippen LogP contribution in [0.15, 0.2) is 35.1 Å². The topological polar surface area (TPSA) is 88.1 Å². The molecule has 0 N–H and O–H groups in total. The Morgan fingerprint density at radius 3 is 2.75 bits per heavy atom. The Morgan fingerprint density at radius 2 is 2.07 bits per heavy atom. The number of methoxy groups -OCH3 is 1. The largest absolute Gasteiger partial charge is 0.489 e. The molecule has 2 saturated heterocycles. The van der Waals surface area contributed by atoms with E-state index in [1.54, 1.807) is 13.0 Å². The van der Waals surface area contributed by atoms with Crippen molar-refractivity contribution in [2.24, 2.45) is 5.92 Å². The molecule has 2 fully saturated rings. The van der Waals surface area contributed by atoms with Gasteiger partial charge in [0.25, 0.3) is 0 Å². The van der Waals surface area contributed by atoms with E-state index in [-0.39, 0.29) is 23.7 Å². The van der Waals surface area contributed by atoms with Gasteiger partial charge < -0.3 is 18.9 Å². The van der Waals surface area contributed by atoms with E-state index in [2.05, 4.69) is 6.58 Å². The Hall–Kier alpha value is -2.41. The third kappa shape index (κ3) is 3.07. The molecule has 0 aromatic rings. The third-order valence-corrected chi connectivity index (χ3v) is 5.96. The molecular formula is C21H24O7. The minimum Gasteiger partial charge on any atom is -0.489 e. The zero-order chi connectivity index (χ0) is 20.2. The minimum atomic E-state index is -1.05. The zero-order valence-corrected chi connectivity index (χ0v) is 16.3. The second kappa shape index (κ2) is 6.58. The van der Waals surface area contributed by atoms with E-state index in [0.717, 1.165) is 5.57 Å². The van der Waals surface area contributed by atoms with Gasteiger partial charge in [-0.05, 0) is 32.3 Å². The normalized spacial score (nSPS) is 36.9. The van der Waals surface area contributed by atoms with Crippen LogP contribution in [0.3, 0.4) is 0 Å². The van der Waals surface area contributed by atoms with E-state index < -0.39 is 35.9 Å². The summed E-state index contributed by atoms with van der Waals surface area (Å²) in [5, 5.41) is 0. The number of esters is 2. The molecule has 0 amide bonds. The van der Waals surface area contributed by atoms with E-state index >= 15 is 0 Å². The van der Waals surface area contributed by atoms with Gasteiger partial charge in [0.2, 0.25) is 0 Å². The van der Waals surface area contributed by atoms with Crippen molar-refractivity contribution in [2.75, 3.05) is 7.11 Å². The number of Topliss-reactive ketones (excluding diaryl/α,β-unsaturated/α-hetero) is 1. The van der Waals surface area contributed by atoms with Crippen LogP contribution in [0.2, 0.25) is 0 Å². The van der Waals surface area contributed by atoms with E-state index in [9.17, 15) is 14.4 Å². The molecule has 0 aromatic heterocycles. The van der Waals surface area contributed by atoms with Crippen LogP contribution >= 0.6 is 0 Å². The van der Waals surface area contributed by atoms with Crippen LogP contribution in [0, 0.1) is 5.92 Å². The predicted molar refractivity (Wildman–Crippen MR) is 96.9 cm³/mol. The van der Waals surface area contributed by atoms with Gasteiger partial charge >= 0.3 is 11.9 Å². The predicted octanol–water partition coefficient (Wildman–Crippen LogP) is 2.16. The lowest BCUT2D eigenvalue weighted by molar-refractivity contribution is -0.145. The van der Waals surface area contributed by atoms with Crippen molar-refractivity contribution in [3.8, 4) is 0 Å². The Morgan fingerprint density at radius 1 is 1.32 bits per heavy atom. The molecule has 0 saturated carbocycles. The Balaban J connectivity index is 1.88. The molecule has 0 radical (unpaired) electrons. The number of ether oxygens (including phenoxy) is 4. The highest BCUT2D eigenvalue weighted by Crippen LogP contribution is 2.44. The van der Waals surface area contributed by atoms with Crippen LogP contribution in [0.25, 0.3) is 0 Å². The maximum Gasteiger partial charge on any atom is 0.340 e. The number of hydrogen-bond acceptors (Lipinski definition) is 7. The highest BCUT2D eigenvalue weighted by molar-refractivity contribution is 6.01. The molecule has 0 unspecified atom stereocenters. The average Bonchev–Trinajstić information content (AvgIpc) is 3.12. The number of carbonyl (C=O) groups excluding carboxylic acids is 3. The Kier molecular flexibility index (Phi) is 4.45. The van der Waals surface area contributed by atoms with Crippen molar-refractivity contribution < 1.29 is 33.3 Å². The SMILES string of the molecule is C=C(C)[C@H]1CC2=C(C(=O)OC)[C@@H]3O[C@@](C)(CC3=O)C[C@@H]3C=C(C(=O)O3)[C@H](C1)O2. The van der Waals surface area contributed by atoms with E-state index in [0.29, 0.717) is 30.6 Å². The van der Waals surface area contributed by atoms with Gasteiger partial charge in [-0.1, -0.05) is 12.2 Å². The van der Waals surface area contributed by atoms with E-state index in [1.807, 2.05) is 6.92 Å². The maximum absolute atomic E-state index is 12.8. The quantitative estimate of drug-likeness (QED) is 0.529. The van der Waals surface area contributed by atoms with Crippen LogP contribution in [0.4, 0.5) is 0 Å². The van der Waals surface area contributed by atoms with Crippen molar-refractivity contribution in [3.63, 3.8) is 0 Å². The lowest BCUT2D eigenvalue weighted by atomic mass is 9.84. The summed E-state index contributed by atoms with van der Waals surface area (Å²) in [4.78, 5) is 37.9. The van der Waals surface area contributed by atoms with Gasteiger partial charge in [0.05, 0.1) is 18.3 Å². The Labute approximate surface area is 163 Å². The van der Waals surface area contributed by atoms with Crippen LogP contribution in [0.5, 0.6) is 0 Å². The van der Waals surface area contributed by atoms with Crippen molar-refractivity contribution in [1.29, 1.82) is 0 Å². The second-order valence-corrected chi connectivity index (χ2v) is 8.28. The monoisotopic (exact) mass is 388 g/mol. The first-order chi connectivity index (χ1) is 13.2. The molecule has 0 spiro atoms. The third-order valence-electron chi connectivity index (χ3n) is 5.96. The fourth-order valence-electron chi connectivity index (χ4n) is 4.52. The Bertz CT molecular complexity index is 836. The van der Waals surface area contributed by atoms with Gasteiger partial charge in [-0.25, -0.2) is 9.59 Å². The molecule has 4 rings (SSSR count). The summed E-state index contributed by atoms with van der Waals surface area (Å²) in [5.41, 5.74) is 0.617. The summed E-state index contributed by atoms with van der Waals surface area (Å²) < 4.78 is 22.6. The average molecular weight is 388 g/mol. The summed E-state index contributed by atoms with van der Waals surface area (Å²) in [5.74, 6) is -0.967. The van der Waals surface area contributed by atoms with E-state index in [1.165, 1.54) is 7.11 Å². The van der Waals surface area contributed by atoms with Gasteiger partial charge in [0, 0.05) is 19.3 Å². The fourth-order valence-corrected chi connectivity index (χ4v) is 4.52. The number of ketones is 1. The van der Waals surface area contributed by atoms with Crippen molar-refractivity contribution in [1.82, 2.24) is 0 Å². The molecule has 4 aliphatic heterocycles. The minimum absolute atomic E-state index is 0.00945. The molecule has 4 aliphatic rings.